The molecule has 2 aromatic carbocycles. The third-order valence-electron chi connectivity index (χ3n) is 3.70. The second kappa shape index (κ2) is 6.29. The van der Waals surface area contributed by atoms with E-state index in [4.69, 9.17) is 4.42 Å². The number of alkyl halides is 2. The van der Waals surface area contributed by atoms with Crippen LogP contribution in [-0.4, -0.2) is 20.1 Å². The Morgan fingerprint density at radius 1 is 1.12 bits per heavy atom. The summed E-state index contributed by atoms with van der Waals surface area (Å²) in [5.41, 5.74) is 1.25. The number of halogens is 2. The molecule has 5 nitrogen and oxygen atoms in total. The van der Waals surface area contributed by atoms with Crippen molar-refractivity contribution in [3.63, 3.8) is 0 Å². The minimum atomic E-state index is -4.74. The van der Waals surface area contributed by atoms with E-state index in [1.54, 1.807) is 25.1 Å². The predicted octanol–water partition coefficient (Wildman–Crippen LogP) is 3.99. The van der Waals surface area contributed by atoms with Crippen LogP contribution in [0.15, 0.2) is 57.8 Å². The molecule has 130 valence electrons. The summed E-state index contributed by atoms with van der Waals surface area (Å²) < 4.78 is 53.9. The van der Waals surface area contributed by atoms with Gasteiger partial charge in [0.05, 0.1) is 4.90 Å². The van der Waals surface area contributed by atoms with E-state index in [0.717, 1.165) is 17.5 Å². The Morgan fingerprint density at radius 2 is 1.84 bits per heavy atom. The van der Waals surface area contributed by atoms with Gasteiger partial charge in [-0.25, -0.2) is 8.42 Å². The van der Waals surface area contributed by atoms with Gasteiger partial charge < -0.3 is 9.73 Å². The number of anilines is 1. The quantitative estimate of drug-likeness (QED) is 0.758. The molecule has 3 rings (SSSR count). The molecule has 3 aromatic rings. The van der Waals surface area contributed by atoms with Crippen molar-refractivity contribution in [2.24, 2.45) is 0 Å². The Labute approximate surface area is 142 Å². The van der Waals surface area contributed by atoms with Gasteiger partial charge in [-0.2, -0.15) is 8.78 Å². The smallest absolute Gasteiger partial charge is 0.341 e. The summed E-state index contributed by atoms with van der Waals surface area (Å²) in [5.74, 6) is -4.06. The number of furan rings is 1. The Morgan fingerprint density at radius 3 is 2.52 bits per heavy atom. The van der Waals surface area contributed by atoms with E-state index >= 15 is 0 Å². The van der Waals surface area contributed by atoms with Crippen LogP contribution in [0.1, 0.15) is 16.1 Å². The number of amides is 1. The fourth-order valence-corrected chi connectivity index (χ4v) is 3.20. The first kappa shape index (κ1) is 17.1. The number of aryl methyl sites for hydroxylation is 1. The summed E-state index contributed by atoms with van der Waals surface area (Å²) in [6, 6.07) is 11.8. The minimum absolute atomic E-state index is 0.0725. The van der Waals surface area contributed by atoms with Gasteiger partial charge >= 0.3 is 5.76 Å². The van der Waals surface area contributed by atoms with E-state index < -0.39 is 26.4 Å². The molecule has 1 aromatic heterocycles. The number of carbonyl (C=O) groups is 1. The van der Waals surface area contributed by atoms with E-state index in [1.807, 2.05) is 6.07 Å². The monoisotopic (exact) mass is 365 g/mol. The molecule has 1 N–H and O–H groups in total. The maximum Gasteiger partial charge on any atom is 0.341 e. The molecule has 1 heterocycles. The summed E-state index contributed by atoms with van der Waals surface area (Å²) in [5, 5.41) is 3.25. The van der Waals surface area contributed by atoms with Crippen LogP contribution >= 0.6 is 0 Å². The zero-order valence-corrected chi connectivity index (χ0v) is 13.8. The highest BCUT2D eigenvalue weighted by molar-refractivity contribution is 7.91. The highest BCUT2D eigenvalue weighted by Crippen LogP contribution is 2.26. The van der Waals surface area contributed by atoms with E-state index in [9.17, 15) is 22.0 Å². The van der Waals surface area contributed by atoms with Crippen LogP contribution < -0.4 is 5.32 Å². The summed E-state index contributed by atoms with van der Waals surface area (Å²) >= 11 is 0. The number of fused-ring (bicyclic) bond motifs is 1. The molecule has 8 heteroatoms. The standard InChI is InChI=1S/C17H13F2NO4S/c1-10-13-7-2-3-8-14(13)24-15(10)16(21)20-11-5-4-6-12(9-11)25(22,23)17(18)19/h2-9,17H,1H3,(H,20,21). The maximum absolute atomic E-state index is 12.6. The molecule has 0 fully saturated rings. The van der Waals surface area contributed by atoms with Gasteiger partial charge in [-0.1, -0.05) is 24.3 Å². The molecule has 0 radical (unpaired) electrons. The highest BCUT2D eigenvalue weighted by atomic mass is 32.2. The van der Waals surface area contributed by atoms with Gasteiger partial charge in [-0.05, 0) is 31.2 Å². The largest absolute Gasteiger partial charge is 0.451 e. The lowest BCUT2D eigenvalue weighted by Crippen LogP contribution is -2.14. The normalized spacial score (nSPS) is 11.8. The Bertz CT molecular complexity index is 1060. The molecule has 0 aliphatic heterocycles. The maximum atomic E-state index is 12.6. The number of para-hydroxylation sites is 1. The lowest BCUT2D eigenvalue weighted by Gasteiger charge is -2.07. The molecule has 0 unspecified atom stereocenters. The second-order valence-corrected chi connectivity index (χ2v) is 7.26. The number of nitrogens with one attached hydrogen (secondary N) is 1. The van der Waals surface area contributed by atoms with Crippen LogP contribution in [-0.2, 0) is 9.84 Å². The van der Waals surface area contributed by atoms with E-state index in [2.05, 4.69) is 5.32 Å². The van der Waals surface area contributed by atoms with Gasteiger partial charge in [0.25, 0.3) is 5.91 Å². The van der Waals surface area contributed by atoms with Crippen molar-refractivity contribution in [1.82, 2.24) is 0 Å². The van der Waals surface area contributed by atoms with Gasteiger partial charge in [-0.3, -0.25) is 4.79 Å². The third-order valence-corrected chi connectivity index (χ3v) is 5.09. The van der Waals surface area contributed by atoms with E-state index in [0.29, 0.717) is 11.1 Å². The van der Waals surface area contributed by atoms with E-state index in [-0.39, 0.29) is 11.4 Å². The van der Waals surface area contributed by atoms with Gasteiger partial charge in [0.2, 0.25) is 9.84 Å². The van der Waals surface area contributed by atoms with Crippen LogP contribution in [0.2, 0.25) is 0 Å². The molecule has 25 heavy (non-hydrogen) atoms. The van der Waals surface area contributed by atoms with Crippen LogP contribution in [0.3, 0.4) is 0 Å². The van der Waals surface area contributed by atoms with Crippen molar-refractivity contribution < 1.29 is 26.4 Å². The zero-order chi connectivity index (χ0) is 18.2. The fraction of sp³-hybridized carbons (Fsp3) is 0.118. The molecule has 0 bridgehead atoms. The van der Waals surface area contributed by atoms with Crippen molar-refractivity contribution >= 4 is 32.4 Å². The fourth-order valence-electron chi connectivity index (χ4n) is 2.43. The van der Waals surface area contributed by atoms with Crippen molar-refractivity contribution in [3.8, 4) is 0 Å². The molecular weight excluding hydrogens is 352 g/mol. The Balaban J connectivity index is 1.92. The molecule has 0 saturated heterocycles. The topological polar surface area (TPSA) is 76.4 Å². The van der Waals surface area contributed by atoms with Gasteiger partial charge in [0, 0.05) is 16.6 Å². The van der Waals surface area contributed by atoms with Gasteiger partial charge in [0.15, 0.2) is 5.76 Å². The van der Waals surface area contributed by atoms with Crippen LogP contribution in [0.5, 0.6) is 0 Å². The molecule has 0 aliphatic carbocycles. The highest BCUT2D eigenvalue weighted by Gasteiger charge is 2.27. The van der Waals surface area contributed by atoms with Crippen molar-refractivity contribution in [2.75, 3.05) is 5.32 Å². The van der Waals surface area contributed by atoms with Crippen molar-refractivity contribution in [1.29, 1.82) is 0 Å². The number of carbonyl (C=O) groups excluding carboxylic acids is 1. The number of sulfone groups is 1. The van der Waals surface area contributed by atoms with Crippen molar-refractivity contribution in [2.45, 2.75) is 17.6 Å². The summed E-state index contributed by atoms with van der Waals surface area (Å²) in [7, 11) is -4.74. The predicted molar refractivity (Wildman–Crippen MR) is 88.5 cm³/mol. The average Bonchev–Trinajstić information content (AvgIpc) is 2.92. The minimum Gasteiger partial charge on any atom is -0.451 e. The van der Waals surface area contributed by atoms with Gasteiger partial charge in [-0.15, -0.1) is 0 Å². The number of hydrogen-bond acceptors (Lipinski definition) is 4. The third kappa shape index (κ3) is 3.12. The summed E-state index contributed by atoms with van der Waals surface area (Å²) in [4.78, 5) is 11.8. The number of rotatable bonds is 4. The van der Waals surface area contributed by atoms with Crippen LogP contribution in [0.25, 0.3) is 11.0 Å². The summed E-state index contributed by atoms with van der Waals surface area (Å²) in [6.45, 7) is 1.72. The van der Waals surface area contributed by atoms with Crippen LogP contribution in [0.4, 0.5) is 14.5 Å². The molecule has 0 atom stereocenters. The first-order valence-corrected chi connectivity index (χ1v) is 8.77. The molecule has 0 spiro atoms. The molecule has 0 aliphatic rings. The lowest BCUT2D eigenvalue weighted by atomic mass is 10.1. The first-order valence-electron chi connectivity index (χ1n) is 7.22. The lowest BCUT2D eigenvalue weighted by molar-refractivity contribution is 0.0998. The first-order chi connectivity index (χ1) is 11.8. The second-order valence-electron chi connectivity index (χ2n) is 5.34. The molecule has 1 amide bonds. The molecular formula is C17H13F2NO4S. The SMILES string of the molecule is Cc1c(C(=O)Nc2cccc(S(=O)(=O)C(F)F)c2)oc2ccccc12. The van der Waals surface area contributed by atoms with Gasteiger partial charge in [0.1, 0.15) is 5.58 Å². The zero-order valence-electron chi connectivity index (χ0n) is 13.0. The van der Waals surface area contributed by atoms with Crippen molar-refractivity contribution in [3.05, 3.63) is 59.9 Å². The Hall–Kier alpha value is -2.74. The van der Waals surface area contributed by atoms with E-state index in [1.165, 1.54) is 12.1 Å². The molecule has 0 saturated carbocycles. The summed E-state index contributed by atoms with van der Waals surface area (Å²) in [6.07, 6.45) is 0. The average molecular weight is 365 g/mol. The number of hydrogen-bond donors (Lipinski definition) is 1. The Kier molecular flexibility index (Phi) is 4.30. The number of benzene rings is 2. The van der Waals surface area contributed by atoms with Crippen LogP contribution in [0, 0.1) is 6.92 Å².